The summed E-state index contributed by atoms with van der Waals surface area (Å²) in [5, 5.41) is 3.81. The second-order valence-corrected chi connectivity index (χ2v) is 7.87. The molecule has 29 heavy (non-hydrogen) atoms. The molecule has 1 aliphatic rings. The fraction of sp³-hybridized carbons (Fsp3) is 0.391. The summed E-state index contributed by atoms with van der Waals surface area (Å²) >= 11 is 6.20. The number of carbonyl (C=O) groups excluding carboxylic acids is 2. The predicted molar refractivity (Wildman–Crippen MR) is 114 cm³/mol. The number of benzene rings is 2. The summed E-state index contributed by atoms with van der Waals surface area (Å²) in [6.07, 6.45) is 2.03. The molecule has 0 unspecified atom stereocenters. The molecule has 154 valence electrons. The van der Waals surface area contributed by atoms with Crippen LogP contribution in [-0.2, 0) is 16.0 Å². The number of carbonyl (C=O) groups is 2. The zero-order valence-corrected chi connectivity index (χ0v) is 17.4. The van der Waals surface area contributed by atoms with Crippen molar-refractivity contribution in [1.29, 1.82) is 0 Å². The van der Waals surface area contributed by atoms with Crippen LogP contribution in [0.5, 0.6) is 5.75 Å². The molecule has 0 saturated carbocycles. The summed E-state index contributed by atoms with van der Waals surface area (Å²) in [4.78, 5) is 26.7. The number of piperidine rings is 1. The van der Waals surface area contributed by atoms with Gasteiger partial charge in [0.15, 0.2) is 6.61 Å². The number of likely N-dealkylation sites (tertiary alicyclic amines) is 1. The first-order chi connectivity index (χ1) is 14.0. The number of rotatable bonds is 7. The molecule has 0 bridgehead atoms. The molecule has 2 aromatic carbocycles. The molecule has 1 aliphatic heterocycles. The number of hydrogen-bond acceptors (Lipinski definition) is 3. The van der Waals surface area contributed by atoms with Crippen molar-refractivity contribution in [2.75, 3.05) is 19.7 Å². The highest BCUT2D eigenvalue weighted by atomic mass is 35.5. The number of amides is 2. The van der Waals surface area contributed by atoms with Gasteiger partial charge in [-0.2, -0.15) is 0 Å². The van der Waals surface area contributed by atoms with Gasteiger partial charge in [-0.25, -0.2) is 0 Å². The lowest BCUT2D eigenvalue weighted by Crippen LogP contribution is -2.46. The van der Waals surface area contributed by atoms with Crippen molar-refractivity contribution in [2.45, 2.75) is 32.2 Å². The van der Waals surface area contributed by atoms with Crippen LogP contribution in [0.15, 0.2) is 54.6 Å². The van der Waals surface area contributed by atoms with E-state index in [2.05, 4.69) is 5.32 Å². The highest BCUT2D eigenvalue weighted by Gasteiger charge is 2.28. The maximum Gasteiger partial charge on any atom is 0.260 e. The van der Waals surface area contributed by atoms with Crippen molar-refractivity contribution in [3.63, 3.8) is 0 Å². The molecule has 0 spiro atoms. The first-order valence-corrected chi connectivity index (χ1v) is 10.4. The summed E-state index contributed by atoms with van der Waals surface area (Å²) in [7, 11) is 0. The second kappa shape index (κ2) is 10.3. The van der Waals surface area contributed by atoms with Gasteiger partial charge in [-0.3, -0.25) is 9.59 Å². The van der Waals surface area contributed by atoms with Crippen molar-refractivity contribution in [1.82, 2.24) is 10.2 Å². The van der Waals surface area contributed by atoms with Crippen LogP contribution in [0.2, 0.25) is 5.02 Å². The van der Waals surface area contributed by atoms with E-state index in [0.717, 1.165) is 10.6 Å². The van der Waals surface area contributed by atoms with Gasteiger partial charge in [0.05, 0.1) is 0 Å². The van der Waals surface area contributed by atoms with E-state index in [1.165, 1.54) is 0 Å². The molecule has 0 radical (unpaired) electrons. The Morgan fingerprint density at radius 1 is 1.10 bits per heavy atom. The van der Waals surface area contributed by atoms with Gasteiger partial charge in [-0.05, 0) is 49.9 Å². The van der Waals surface area contributed by atoms with E-state index < -0.39 is 0 Å². The lowest BCUT2D eigenvalue weighted by atomic mass is 9.95. The molecule has 1 atom stereocenters. The Hall–Kier alpha value is -2.53. The van der Waals surface area contributed by atoms with Crippen molar-refractivity contribution in [3.8, 4) is 5.75 Å². The lowest BCUT2D eigenvalue weighted by Gasteiger charge is -2.32. The van der Waals surface area contributed by atoms with Gasteiger partial charge in [0, 0.05) is 30.1 Å². The number of nitrogens with one attached hydrogen (secondary N) is 1. The normalized spacial score (nSPS) is 15.6. The van der Waals surface area contributed by atoms with Gasteiger partial charge in [-0.15, -0.1) is 0 Å². The monoisotopic (exact) mass is 414 g/mol. The fourth-order valence-electron chi connectivity index (χ4n) is 3.55. The fourth-order valence-corrected chi connectivity index (χ4v) is 3.76. The topological polar surface area (TPSA) is 58.6 Å². The Balaban J connectivity index is 1.40. The van der Waals surface area contributed by atoms with Gasteiger partial charge in [-0.1, -0.05) is 48.0 Å². The maximum absolute atomic E-state index is 12.6. The summed E-state index contributed by atoms with van der Waals surface area (Å²) in [5.41, 5.74) is 1.03. The Morgan fingerprint density at radius 3 is 2.45 bits per heavy atom. The molecule has 1 fully saturated rings. The van der Waals surface area contributed by atoms with Crippen LogP contribution in [-0.4, -0.2) is 42.5 Å². The number of hydrogen-bond donors (Lipinski definition) is 1. The molecule has 1 heterocycles. The van der Waals surface area contributed by atoms with Crippen LogP contribution >= 0.6 is 11.6 Å². The molecule has 5 nitrogen and oxygen atoms in total. The van der Waals surface area contributed by atoms with Crippen LogP contribution in [0, 0.1) is 5.92 Å². The first kappa shape index (κ1) is 21.2. The van der Waals surface area contributed by atoms with Crippen LogP contribution < -0.4 is 10.1 Å². The molecular formula is C23H27ClN2O3. The molecule has 1 N–H and O–H groups in total. The first-order valence-electron chi connectivity index (χ1n) is 10.0. The van der Waals surface area contributed by atoms with Crippen molar-refractivity contribution in [3.05, 3.63) is 65.2 Å². The third-order valence-electron chi connectivity index (χ3n) is 5.20. The molecule has 1 saturated heterocycles. The minimum atomic E-state index is -0.0669. The number of halogens is 1. The summed E-state index contributed by atoms with van der Waals surface area (Å²) in [6.45, 7) is 3.17. The summed E-state index contributed by atoms with van der Waals surface area (Å²) in [5.74, 6) is 0.627. The minimum absolute atomic E-state index is 0.00124. The van der Waals surface area contributed by atoms with Crippen molar-refractivity contribution in [2.24, 2.45) is 5.92 Å². The Morgan fingerprint density at radius 2 is 1.76 bits per heavy atom. The van der Waals surface area contributed by atoms with E-state index >= 15 is 0 Å². The minimum Gasteiger partial charge on any atom is -0.484 e. The molecular weight excluding hydrogens is 388 g/mol. The second-order valence-electron chi connectivity index (χ2n) is 7.46. The number of nitrogens with zero attached hydrogens (tertiary/aromatic N) is 1. The molecule has 2 aromatic rings. The predicted octanol–water partition coefficient (Wildman–Crippen LogP) is 3.70. The van der Waals surface area contributed by atoms with E-state index in [0.29, 0.717) is 38.1 Å². The third-order valence-corrected chi connectivity index (χ3v) is 5.57. The van der Waals surface area contributed by atoms with Crippen LogP contribution in [0.1, 0.15) is 25.3 Å². The number of ether oxygens (including phenoxy) is 1. The molecule has 3 rings (SSSR count). The molecule has 0 aromatic heterocycles. The standard InChI is InChI=1S/C23H27ClN2O3/c1-17(15-19-7-5-6-10-21(19)24)25-23(28)18-11-13-26(14-12-18)22(27)16-29-20-8-3-2-4-9-20/h2-10,17-18H,11-16H2,1H3,(H,25,28)/t17-/m0/s1. The van der Waals surface area contributed by atoms with E-state index in [4.69, 9.17) is 16.3 Å². The highest BCUT2D eigenvalue weighted by molar-refractivity contribution is 6.31. The Bertz CT molecular complexity index is 820. The average Bonchev–Trinajstić information content (AvgIpc) is 2.74. The van der Waals surface area contributed by atoms with Crippen LogP contribution in [0.4, 0.5) is 0 Å². The van der Waals surface area contributed by atoms with E-state index in [9.17, 15) is 9.59 Å². The Kier molecular flexibility index (Phi) is 7.53. The zero-order chi connectivity index (χ0) is 20.6. The highest BCUT2D eigenvalue weighted by Crippen LogP contribution is 2.20. The molecule has 6 heteroatoms. The van der Waals surface area contributed by atoms with E-state index in [-0.39, 0.29) is 30.4 Å². The maximum atomic E-state index is 12.6. The van der Waals surface area contributed by atoms with Crippen LogP contribution in [0.25, 0.3) is 0 Å². The third kappa shape index (κ3) is 6.23. The summed E-state index contributed by atoms with van der Waals surface area (Å²) < 4.78 is 5.53. The van der Waals surface area contributed by atoms with Crippen molar-refractivity contribution >= 4 is 23.4 Å². The quantitative estimate of drug-likeness (QED) is 0.751. The van der Waals surface area contributed by atoms with Gasteiger partial charge < -0.3 is 15.0 Å². The molecule has 2 amide bonds. The van der Waals surface area contributed by atoms with Gasteiger partial charge >= 0.3 is 0 Å². The van der Waals surface area contributed by atoms with Gasteiger partial charge in [0.25, 0.3) is 5.91 Å². The average molecular weight is 415 g/mol. The smallest absolute Gasteiger partial charge is 0.260 e. The van der Waals surface area contributed by atoms with E-state index in [1.54, 1.807) is 4.90 Å². The molecule has 0 aliphatic carbocycles. The van der Waals surface area contributed by atoms with Crippen molar-refractivity contribution < 1.29 is 14.3 Å². The summed E-state index contributed by atoms with van der Waals surface area (Å²) in [6, 6.07) is 17.0. The Labute approximate surface area is 177 Å². The van der Waals surface area contributed by atoms with Gasteiger partial charge in [0.2, 0.25) is 5.91 Å². The lowest BCUT2D eigenvalue weighted by molar-refractivity contribution is -0.137. The van der Waals surface area contributed by atoms with E-state index in [1.807, 2.05) is 61.5 Å². The zero-order valence-electron chi connectivity index (χ0n) is 16.6. The number of para-hydroxylation sites is 1. The van der Waals surface area contributed by atoms with Crippen LogP contribution in [0.3, 0.4) is 0 Å². The largest absolute Gasteiger partial charge is 0.484 e. The van der Waals surface area contributed by atoms with Gasteiger partial charge in [0.1, 0.15) is 5.75 Å². The SMILES string of the molecule is C[C@@H](Cc1ccccc1Cl)NC(=O)C1CCN(C(=O)COc2ccccc2)CC1.